The molecule has 2 aromatic rings. The maximum Gasteiger partial charge on any atom is 0.323 e. The molecule has 0 aliphatic carbocycles. The van der Waals surface area contributed by atoms with E-state index in [-0.39, 0.29) is 11.4 Å². The Hall–Kier alpha value is -2.14. The van der Waals surface area contributed by atoms with Crippen molar-refractivity contribution in [1.29, 1.82) is 0 Å². The number of thioether (sulfide) groups is 1. The second kappa shape index (κ2) is 7.83. The Morgan fingerprint density at radius 1 is 1.24 bits per heavy atom. The maximum atomic E-state index is 12.7. The van der Waals surface area contributed by atoms with E-state index in [4.69, 9.17) is 4.74 Å². The second-order valence-electron chi connectivity index (χ2n) is 6.40. The third-order valence-electron chi connectivity index (χ3n) is 4.36. The highest BCUT2D eigenvalue weighted by atomic mass is 32.2. The molecule has 0 bridgehead atoms. The molecular weight excluding hydrogens is 332 g/mol. The number of hydrogen-bond acceptors (Lipinski definition) is 3. The Morgan fingerprint density at radius 3 is 2.68 bits per heavy atom. The van der Waals surface area contributed by atoms with Crippen molar-refractivity contribution in [3.8, 4) is 5.75 Å². The molecule has 3 rings (SSSR count). The van der Waals surface area contributed by atoms with Crippen LogP contribution in [0.3, 0.4) is 0 Å². The first-order valence-electron chi connectivity index (χ1n) is 8.51. The van der Waals surface area contributed by atoms with Crippen LogP contribution in [-0.2, 0) is 0 Å². The number of methoxy groups -OCH3 is 1. The summed E-state index contributed by atoms with van der Waals surface area (Å²) in [5.41, 5.74) is 3.24. The number of urea groups is 1. The largest absolute Gasteiger partial charge is 0.497 e. The van der Waals surface area contributed by atoms with E-state index in [0.717, 1.165) is 23.7 Å². The first-order chi connectivity index (χ1) is 12.1. The Kier molecular flexibility index (Phi) is 5.53. The molecule has 1 fully saturated rings. The van der Waals surface area contributed by atoms with E-state index in [0.29, 0.717) is 5.92 Å². The number of hydrogen-bond donors (Lipinski definition) is 1. The van der Waals surface area contributed by atoms with Crippen LogP contribution >= 0.6 is 11.8 Å². The number of benzene rings is 2. The lowest BCUT2D eigenvalue weighted by Crippen LogP contribution is -2.34. The van der Waals surface area contributed by atoms with Gasteiger partial charge in [-0.3, -0.25) is 0 Å². The number of nitrogens with one attached hydrogen (secondary N) is 1. The zero-order valence-corrected chi connectivity index (χ0v) is 15.7. The van der Waals surface area contributed by atoms with E-state index in [9.17, 15) is 4.79 Å². The Labute approximate surface area is 153 Å². The van der Waals surface area contributed by atoms with E-state index < -0.39 is 0 Å². The van der Waals surface area contributed by atoms with Gasteiger partial charge in [-0.15, -0.1) is 11.8 Å². The molecule has 1 aliphatic rings. The monoisotopic (exact) mass is 356 g/mol. The summed E-state index contributed by atoms with van der Waals surface area (Å²) in [6.07, 6.45) is 0. The lowest BCUT2D eigenvalue weighted by Gasteiger charge is -2.25. The SMILES string of the molecule is COc1cccc(NC(=O)N2CCS[C@@H]2c2ccc(C(C)C)cc2)c1. The molecule has 132 valence electrons. The first kappa shape index (κ1) is 17.7. The molecule has 25 heavy (non-hydrogen) atoms. The van der Waals surface area contributed by atoms with Crippen LogP contribution in [0.4, 0.5) is 10.5 Å². The minimum Gasteiger partial charge on any atom is -0.497 e. The van der Waals surface area contributed by atoms with E-state index in [1.54, 1.807) is 18.9 Å². The van der Waals surface area contributed by atoms with Crippen LogP contribution < -0.4 is 10.1 Å². The summed E-state index contributed by atoms with van der Waals surface area (Å²) in [4.78, 5) is 14.6. The molecular formula is C20H24N2O2S. The minimum absolute atomic E-state index is 0.0619. The Morgan fingerprint density at radius 2 is 2.00 bits per heavy atom. The highest BCUT2D eigenvalue weighted by Gasteiger charge is 2.30. The number of nitrogens with zero attached hydrogens (tertiary/aromatic N) is 1. The van der Waals surface area contributed by atoms with E-state index >= 15 is 0 Å². The van der Waals surface area contributed by atoms with Crippen molar-refractivity contribution in [3.63, 3.8) is 0 Å². The van der Waals surface area contributed by atoms with Gasteiger partial charge in [-0.25, -0.2) is 4.79 Å². The van der Waals surface area contributed by atoms with Crippen molar-refractivity contribution in [2.24, 2.45) is 0 Å². The number of carbonyl (C=O) groups excluding carboxylic acids is 1. The van der Waals surface area contributed by atoms with Gasteiger partial charge in [-0.2, -0.15) is 0 Å². The highest BCUT2D eigenvalue weighted by molar-refractivity contribution is 7.99. The summed E-state index contributed by atoms with van der Waals surface area (Å²) in [6, 6.07) is 16.0. The van der Waals surface area contributed by atoms with Gasteiger partial charge in [0.15, 0.2) is 0 Å². The summed E-state index contributed by atoms with van der Waals surface area (Å²) >= 11 is 1.80. The lowest BCUT2D eigenvalue weighted by atomic mass is 10.0. The van der Waals surface area contributed by atoms with Crippen LogP contribution in [0.25, 0.3) is 0 Å². The van der Waals surface area contributed by atoms with Gasteiger partial charge in [0.25, 0.3) is 0 Å². The molecule has 1 aliphatic heterocycles. The Balaban J connectivity index is 1.73. The van der Waals surface area contributed by atoms with Gasteiger partial charge in [0.2, 0.25) is 0 Å². The van der Waals surface area contributed by atoms with Gasteiger partial charge in [-0.05, 0) is 29.2 Å². The minimum atomic E-state index is -0.0730. The normalized spacial score (nSPS) is 17.0. The first-order valence-corrected chi connectivity index (χ1v) is 9.56. The molecule has 0 aromatic heterocycles. The lowest BCUT2D eigenvalue weighted by molar-refractivity contribution is 0.214. The van der Waals surface area contributed by atoms with Crippen LogP contribution in [0.5, 0.6) is 5.75 Å². The molecule has 1 N–H and O–H groups in total. The molecule has 0 unspecified atom stereocenters. The Bertz CT molecular complexity index is 731. The summed E-state index contributed by atoms with van der Waals surface area (Å²) in [7, 11) is 1.62. The van der Waals surface area contributed by atoms with Crippen molar-refractivity contribution in [2.75, 3.05) is 24.7 Å². The average molecular weight is 356 g/mol. The molecule has 5 heteroatoms. The fraction of sp³-hybridized carbons (Fsp3) is 0.350. The van der Waals surface area contributed by atoms with E-state index in [2.05, 4.69) is 43.4 Å². The van der Waals surface area contributed by atoms with Gasteiger partial charge in [0.05, 0.1) is 7.11 Å². The number of amides is 2. The number of carbonyl (C=O) groups is 1. The molecule has 1 heterocycles. The van der Waals surface area contributed by atoms with Crippen molar-refractivity contribution in [1.82, 2.24) is 4.90 Å². The van der Waals surface area contributed by atoms with Crippen LogP contribution in [-0.4, -0.2) is 30.3 Å². The van der Waals surface area contributed by atoms with Crippen LogP contribution in [0.15, 0.2) is 48.5 Å². The van der Waals surface area contributed by atoms with Crippen molar-refractivity contribution in [3.05, 3.63) is 59.7 Å². The van der Waals surface area contributed by atoms with Crippen LogP contribution in [0.2, 0.25) is 0 Å². The maximum absolute atomic E-state index is 12.7. The molecule has 2 aromatic carbocycles. The standard InChI is InChI=1S/C20H24N2O2S/c1-14(2)15-7-9-16(10-8-15)19-22(11-12-25-19)20(23)21-17-5-4-6-18(13-17)24-3/h4-10,13-14,19H,11-12H2,1-3H3,(H,21,23)/t19-/m1/s1. The quantitative estimate of drug-likeness (QED) is 0.829. The summed E-state index contributed by atoms with van der Waals surface area (Å²) in [6.45, 7) is 5.12. The van der Waals surface area contributed by atoms with Crippen molar-refractivity contribution < 1.29 is 9.53 Å². The third-order valence-corrected chi connectivity index (χ3v) is 5.62. The van der Waals surface area contributed by atoms with Gasteiger partial charge in [-0.1, -0.05) is 44.2 Å². The molecule has 0 saturated carbocycles. The summed E-state index contributed by atoms with van der Waals surface area (Å²) in [5.74, 6) is 2.19. The van der Waals surface area contributed by atoms with Crippen LogP contribution in [0.1, 0.15) is 36.3 Å². The fourth-order valence-corrected chi connectivity index (χ4v) is 4.15. The highest BCUT2D eigenvalue weighted by Crippen LogP contribution is 2.38. The molecule has 4 nitrogen and oxygen atoms in total. The number of rotatable bonds is 4. The van der Waals surface area contributed by atoms with Gasteiger partial charge >= 0.3 is 6.03 Å². The third kappa shape index (κ3) is 4.10. The zero-order chi connectivity index (χ0) is 17.8. The average Bonchev–Trinajstić information content (AvgIpc) is 3.12. The van der Waals surface area contributed by atoms with Crippen LogP contribution in [0, 0.1) is 0 Å². The molecule has 1 atom stereocenters. The van der Waals surface area contributed by atoms with Crippen molar-refractivity contribution >= 4 is 23.5 Å². The zero-order valence-electron chi connectivity index (χ0n) is 14.9. The molecule has 1 saturated heterocycles. The topological polar surface area (TPSA) is 41.6 Å². The predicted octanol–water partition coefficient (Wildman–Crippen LogP) is 5.10. The molecule has 0 spiro atoms. The number of anilines is 1. The second-order valence-corrected chi connectivity index (χ2v) is 7.59. The predicted molar refractivity (Wildman–Crippen MR) is 104 cm³/mol. The molecule has 2 amide bonds. The molecule has 0 radical (unpaired) electrons. The van der Waals surface area contributed by atoms with Gasteiger partial charge in [0, 0.05) is 24.1 Å². The fourth-order valence-electron chi connectivity index (χ4n) is 2.90. The van der Waals surface area contributed by atoms with Crippen molar-refractivity contribution in [2.45, 2.75) is 25.1 Å². The number of ether oxygens (including phenoxy) is 1. The van der Waals surface area contributed by atoms with Gasteiger partial charge < -0.3 is 15.0 Å². The summed E-state index contributed by atoms with van der Waals surface area (Å²) in [5, 5.41) is 3.04. The van der Waals surface area contributed by atoms with E-state index in [1.807, 2.05) is 29.2 Å². The van der Waals surface area contributed by atoms with Gasteiger partial charge in [0.1, 0.15) is 11.1 Å². The van der Waals surface area contributed by atoms with E-state index in [1.165, 1.54) is 11.1 Å². The smallest absolute Gasteiger partial charge is 0.323 e. The summed E-state index contributed by atoms with van der Waals surface area (Å²) < 4.78 is 5.21.